The van der Waals surface area contributed by atoms with Gasteiger partial charge in [0.1, 0.15) is 11.5 Å². The Morgan fingerprint density at radius 1 is 1.50 bits per heavy atom. The molecule has 0 spiro atoms. The number of carbonyl (C=O) groups excluding carboxylic acids is 1. The smallest absolute Gasteiger partial charge is 0.333 e. The Kier molecular flexibility index (Phi) is 5.65. The van der Waals surface area contributed by atoms with Crippen LogP contribution in [0.25, 0.3) is 0 Å². The molecular weight excluding hydrogens is 230 g/mol. The maximum Gasteiger partial charge on any atom is 0.333 e. The fraction of sp³-hybridized carbons (Fsp3) is 0.500. The number of hydrogen-bond acceptors (Lipinski definition) is 4. The Balaban J connectivity index is 2.51. The van der Waals surface area contributed by atoms with Crippen LogP contribution in [0, 0.1) is 6.92 Å². The van der Waals surface area contributed by atoms with Gasteiger partial charge in [-0.05, 0) is 32.5 Å². The van der Waals surface area contributed by atoms with Gasteiger partial charge in [-0.25, -0.2) is 4.79 Å². The molecule has 0 aliphatic rings. The predicted octanol–water partition coefficient (Wildman–Crippen LogP) is 2.53. The Morgan fingerprint density at radius 2 is 2.22 bits per heavy atom. The summed E-state index contributed by atoms with van der Waals surface area (Å²) in [7, 11) is 3.39. The number of ether oxygens (including phenoxy) is 1. The second-order valence-corrected chi connectivity index (χ2v) is 4.28. The topological polar surface area (TPSA) is 42.7 Å². The van der Waals surface area contributed by atoms with Crippen molar-refractivity contribution in [2.24, 2.45) is 0 Å². The van der Waals surface area contributed by atoms with Crippen LogP contribution in [0.15, 0.2) is 28.2 Å². The van der Waals surface area contributed by atoms with Crippen molar-refractivity contribution in [3.8, 4) is 0 Å². The van der Waals surface area contributed by atoms with Gasteiger partial charge >= 0.3 is 5.97 Å². The number of rotatable bonds is 6. The molecule has 100 valence electrons. The van der Waals surface area contributed by atoms with Crippen LogP contribution in [0.2, 0.25) is 0 Å². The van der Waals surface area contributed by atoms with Crippen LogP contribution in [0.4, 0.5) is 0 Å². The van der Waals surface area contributed by atoms with Crippen LogP contribution in [-0.2, 0) is 16.1 Å². The van der Waals surface area contributed by atoms with Crippen molar-refractivity contribution in [1.82, 2.24) is 4.90 Å². The van der Waals surface area contributed by atoms with Crippen LogP contribution in [0.1, 0.15) is 24.9 Å². The van der Waals surface area contributed by atoms with Crippen LogP contribution >= 0.6 is 0 Å². The highest BCUT2D eigenvalue weighted by Crippen LogP contribution is 2.09. The lowest BCUT2D eigenvalue weighted by Crippen LogP contribution is -2.18. The van der Waals surface area contributed by atoms with Gasteiger partial charge in [-0.2, -0.15) is 0 Å². The molecule has 0 aliphatic carbocycles. The molecule has 0 aliphatic heterocycles. The predicted molar refractivity (Wildman–Crippen MR) is 70.2 cm³/mol. The third-order valence-corrected chi connectivity index (χ3v) is 2.70. The molecule has 0 fully saturated rings. The SMILES string of the molecule is CCC(=CCN(C)Cc1ccc(C)o1)C(=O)OC. The summed E-state index contributed by atoms with van der Waals surface area (Å²) in [5, 5.41) is 0. The molecule has 0 atom stereocenters. The molecule has 0 radical (unpaired) electrons. The summed E-state index contributed by atoms with van der Waals surface area (Å²) in [5.74, 6) is 1.59. The Hall–Kier alpha value is -1.55. The van der Waals surface area contributed by atoms with E-state index >= 15 is 0 Å². The quantitative estimate of drug-likeness (QED) is 0.575. The molecule has 0 saturated carbocycles. The minimum Gasteiger partial charge on any atom is -0.466 e. The zero-order valence-electron chi connectivity index (χ0n) is 11.5. The second kappa shape index (κ2) is 7.01. The van der Waals surface area contributed by atoms with Gasteiger partial charge in [0.2, 0.25) is 0 Å². The van der Waals surface area contributed by atoms with Gasteiger partial charge in [-0.3, -0.25) is 4.90 Å². The first-order valence-corrected chi connectivity index (χ1v) is 6.08. The van der Waals surface area contributed by atoms with Crippen molar-refractivity contribution < 1.29 is 13.9 Å². The highest BCUT2D eigenvalue weighted by molar-refractivity contribution is 5.88. The first-order valence-electron chi connectivity index (χ1n) is 6.08. The largest absolute Gasteiger partial charge is 0.466 e. The summed E-state index contributed by atoms with van der Waals surface area (Å²) in [6, 6.07) is 3.92. The highest BCUT2D eigenvalue weighted by Gasteiger charge is 2.08. The normalized spacial score (nSPS) is 11.9. The molecule has 1 aromatic rings. The van der Waals surface area contributed by atoms with Crippen molar-refractivity contribution >= 4 is 5.97 Å². The summed E-state index contributed by atoms with van der Waals surface area (Å²) < 4.78 is 10.2. The molecule has 1 heterocycles. The summed E-state index contributed by atoms with van der Waals surface area (Å²) in [6.07, 6.45) is 2.59. The second-order valence-electron chi connectivity index (χ2n) is 4.28. The fourth-order valence-corrected chi connectivity index (χ4v) is 1.67. The lowest BCUT2D eigenvalue weighted by atomic mass is 10.2. The molecule has 0 amide bonds. The minimum atomic E-state index is -0.250. The molecule has 0 aromatic carbocycles. The van der Waals surface area contributed by atoms with Gasteiger partial charge in [-0.15, -0.1) is 0 Å². The number of nitrogens with zero attached hydrogens (tertiary/aromatic N) is 1. The zero-order valence-corrected chi connectivity index (χ0v) is 11.5. The molecule has 18 heavy (non-hydrogen) atoms. The Labute approximate surface area is 108 Å². The van der Waals surface area contributed by atoms with Gasteiger partial charge in [-0.1, -0.05) is 13.0 Å². The summed E-state index contributed by atoms with van der Waals surface area (Å²) >= 11 is 0. The van der Waals surface area contributed by atoms with Crippen LogP contribution in [0.5, 0.6) is 0 Å². The van der Waals surface area contributed by atoms with E-state index in [0.29, 0.717) is 18.5 Å². The van der Waals surface area contributed by atoms with Crippen LogP contribution in [-0.4, -0.2) is 31.6 Å². The Morgan fingerprint density at radius 3 is 2.72 bits per heavy atom. The molecule has 1 rings (SSSR count). The number of esters is 1. The average molecular weight is 251 g/mol. The van der Waals surface area contributed by atoms with Crippen molar-refractivity contribution in [3.63, 3.8) is 0 Å². The fourth-order valence-electron chi connectivity index (χ4n) is 1.67. The summed E-state index contributed by atoms with van der Waals surface area (Å²) in [4.78, 5) is 13.5. The minimum absolute atomic E-state index is 0.250. The molecule has 4 nitrogen and oxygen atoms in total. The van der Waals surface area contributed by atoms with Crippen molar-refractivity contribution in [2.45, 2.75) is 26.8 Å². The third-order valence-electron chi connectivity index (χ3n) is 2.70. The van der Waals surface area contributed by atoms with Crippen molar-refractivity contribution in [2.75, 3.05) is 20.7 Å². The van der Waals surface area contributed by atoms with E-state index in [0.717, 1.165) is 18.1 Å². The van der Waals surface area contributed by atoms with Crippen molar-refractivity contribution in [1.29, 1.82) is 0 Å². The van der Waals surface area contributed by atoms with Gasteiger partial charge in [0.05, 0.1) is 13.7 Å². The molecule has 0 unspecified atom stereocenters. The van der Waals surface area contributed by atoms with E-state index in [9.17, 15) is 4.79 Å². The van der Waals surface area contributed by atoms with E-state index < -0.39 is 0 Å². The van der Waals surface area contributed by atoms with Crippen molar-refractivity contribution in [3.05, 3.63) is 35.3 Å². The number of aryl methyl sites for hydroxylation is 1. The van der Waals surface area contributed by atoms with E-state index in [-0.39, 0.29) is 5.97 Å². The summed E-state index contributed by atoms with van der Waals surface area (Å²) in [5.41, 5.74) is 0.708. The van der Waals surface area contributed by atoms with E-state index in [1.54, 1.807) is 0 Å². The summed E-state index contributed by atoms with van der Waals surface area (Å²) in [6.45, 7) is 5.29. The maximum atomic E-state index is 11.4. The average Bonchev–Trinajstić information content (AvgIpc) is 2.75. The van der Waals surface area contributed by atoms with Gasteiger partial charge in [0.15, 0.2) is 0 Å². The lowest BCUT2D eigenvalue weighted by Gasteiger charge is -2.13. The number of methoxy groups -OCH3 is 1. The first-order chi connectivity index (χ1) is 8.56. The monoisotopic (exact) mass is 251 g/mol. The van der Waals surface area contributed by atoms with E-state index in [4.69, 9.17) is 9.15 Å². The molecule has 0 N–H and O–H groups in total. The molecule has 1 aromatic heterocycles. The van der Waals surface area contributed by atoms with Crippen LogP contribution < -0.4 is 0 Å². The standard InChI is InChI=1S/C14H21NO3/c1-5-12(14(16)17-4)8-9-15(3)10-13-7-6-11(2)18-13/h6-8H,5,9-10H2,1-4H3. The third kappa shape index (κ3) is 4.37. The maximum absolute atomic E-state index is 11.4. The van der Waals surface area contributed by atoms with Gasteiger partial charge in [0.25, 0.3) is 0 Å². The van der Waals surface area contributed by atoms with Crippen LogP contribution in [0.3, 0.4) is 0 Å². The molecule has 4 heteroatoms. The highest BCUT2D eigenvalue weighted by atomic mass is 16.5. The number of hydrogen-bond donors (Lipinski definition) is 0. The molecule has 0 saturated heterocycles. The van der Waals surface area contributed by atoms with E-state index in [1.807, 2.05) is 39.1 Å². The Bertz CT molecular complexity index is 420. The molecular formula is C14H21NO3. The van der Waals surface area contributed by atoms with E-state index in [1.165, 1.54) is 7.11 Å². The number of likely N-dealkylation sites (N-methyl/N-ethyl adjacent to an activating group) is 1. The number of furan rings is 1. The van der Waals surface area contributed by atoms with Gasteiger partial charge < -0.3 is 9.15 Å². The first kappa shape index (κ1) is 14.5. The van der Waals surface area contributed by atoms with E-state index in [2.05, 4.69) is 4.90 Å². The zero-order chi connectivity index (χ0) is 13.5. The lowest BCUT2D eigenvalue weighted by molar-refractivity contribution is -0.136. The number of carbonyl (C=O) groups is 1. The molecule has 0 bridgehead atoms. The van der Waals surface area contributed by atoms with Gasteiger partial charge in [0, 0.05) is 12.1 Å².